The topological polar surface area (TPSA) is 43.6 Å². The Morgan fingerprint density at radius 3 is 1.51 bits per heavy atom. The van der Waals surface area contributed by atoms with E-state index in [1.54, 1.807) is 0 Å². The van der Waals surface area contributed by atoms with Crippen molar-refractivity contribution in [2.75, 3.05) is 0 Å². The van der Waals surface area contributed by atoms with Gasteiger partial charge in [0.25, 0.3) is 0 Å². The molecule has 0 saturated carbocycles. The van der Waals surface area contributed by atoms with Gasteiger partial charge >= 0.3 is 0 Å². The molecular weight excluding hydrogens is 731 g/mol. The first-order chi connectivity index (χ1) is 29.1. The van der Waals surface area contributed by atoms with E-state index < -0.39 is 17.6 Å². The van der Waals surface area contributed by atoms with Gasteiger partial charge in [-0.25, -0.2) is 23.7 Å². The molecule has 3 aliphatic rings. The summed E-state index contributed by atoms with van der Waals surface area (Å²) in [4.78, 5) is 15.6. The number of nitrogens with zero attached hydrogens (tertiary/aromatic N) is 4. The largest absolute Gasteiger partial charge is 0.309 e. The van der Waals surface area contributed by atoms with Gasteiger partial charge in [0.05, 0.1) is 16.7 Å². The number of para-hydroxylation sites is 2. The number of benzene rings is 8. The molecular formula is C53H32F2N4. The Balaban J connectivity index is 1.18. The minimum absolute atomic E-state index is 0.386. The molecule has 2 aromatic heterocycles. The van der Waals surface area contributed by atoms with Crippen molar-refractivity contribution in [1.29, 1.82) is 0 Å². The summed E-state index contributed by atoms with van der Waals surface area (Å²) >= 11 is 0. The highest BCUT2D eigenvalue weighted by atomic mass is 19.2. The number of fused-ring (bicyclic) bond motifs is 3. The first-order valence-electron chi connectivity index (χ1n) is 19.8. The molecule has 0 saturated heterocycles. The van der Waals surface area contributed by atoms with Gasteiger partial charge < -0.3 is 4.57 Å². The number of rotatable bonds is 5. The fourth-order valence-corrected chi connectivity index (χ4v) is 9.69. The van der Waals surface area contributed by atoms with Crippen LogP contribution in [0.2, 0.25) is 0 Å². The maximum absolute atomic E-state index is 15.5. The second-order valence-corrected chi connectivity index (χ2v) is 15.3. The van der Waals surface area contributed by atoms with Crippen molar-refractivity contribution in [3.63, 3.8) is 0 Å². The molecule has 10 aromatic rings. The molecule has 8 aromatic carbocycles. The highest BCUT2D eigenvalue weighted by molar-refractivity contribution is 6.09. The summed E-state index contributed by atoms with van der Waals surface area (Å²) in [5.41, 5.74) is 13.5. The average Bonchev–Trinajstić information content (AvgIpc) is 3.63. The highest BCUT2D eigenvalue weighted by Crippen LogP contribution is 2.59. The summed E-state index contributed by atoms with van der Waals surface area (Å²) < 4.78 is 33.3. The van der Waals surface area contributed by atoms with Crippen molar-refractivity contribution in [1.82, 2.24) is 19.5 Å². The van der Waals surface area contributed by atoms with E-state index in [-0.39, 0.29) is 5.92 Å². The van der Waals surface area contributed by atoms with Crippen LogP contribution in [0.1, 0.15) is 45.2 Å². The van der Waals surface area contributed by atoms with Gasteiger partial charge in [-0.05, 0) is 87.0 Å². The van der Waals surface area contributed by atoms with Gasteiger partial charge in [-0.2, -0.15) is 0 Å². The lowest BCUT2D eigenvalue weighted by Crippen LogP contribution is -2.30. The van der Waals surface area contributed by atoms with Crippen LogP contribution in [0.25, 0.3) is 72.8 Å². The highest BCUT2D eigenvalue weighted by Gasteiger charge is 2.45. The smallest absolute Gasteiger partial charge is 0.164 e. The lowest BCUT2D eigenvalue weighted by molar-refractivity contribution is 0.502. The van der Waals surface area contributed by atoms with Crippen molar-refractivity contribution in [2.24, 2.45) is 0 Å². The van der Waals surface area contributed by atoms with E-state index in [2.05, 4.69) is 102 Å². The lowest BCUT2D eigenvalue weighted by Gasteiger charge is -2.44. The Morgan fingerprint density at radius 1 is 0.373 bits per heavy atom. The fourth-order valence-electron chi connectivity index (χ4n) is 9.69. The number of halogens is 2. The van der Waals surface area contributed by atoms with E-state index in [0.29, 0.717) is 17.5 Å². The van der Waals surface area contributed by atoms with Crippen LogP contribution < -0.4 is 0 Å². The first kappa shape index (κ1) is 33.6. The minimum atomic E-state index is -0.859. The Hall–Kier alpha value is -7.57. The van der Waals surface area contributed by atoms with Crippen molar-refractivity contribution in [3.05, 3.63) is 227 Å². The Bertz CT molecular complexity index is 3270. The average molecular weight is 763 g/mol. The monoisotopic (exact) mass is 762 g/mol. The van der Waals surface area contributed by atoms with E-state index in [4.69, 9.17) is 15.0 Å². The minimum Gasteiger partial charge on any atom is -0.309 e. The predicted molar refractivity (Wildman–Crippen MR) is 231 cm³/mol. The second kappa shape index (κ2) is 13.0. The van der Waals surface area contributed by atoms with Crippen LogP contribution in [-0.2, 0) is 0 Å². The molecule has 4 nitrogen and oxygen atoms in total. The molecule has 0 fully saturated rings. The maximum Gasteiger partial charge on any atom is 0.164 e. The van der Waals surface area contributed by atoms with E-state index in [1.165, 1.54) is 12.1 Å². The summed E-state index contributed by atoms with van der Waals surface area (Å²) in [5, 5.41) is 2.28. The number of hydrogen-bond acceptors (Lipinski definition) is 3. The van der Waals surface area contributed by atoms with Crippen molar-refractivity contribution in [3.8, 4) is 51.0 Å². The summed E-state index contributed by atoms with van der Waals surface area (Å²) in [7, 11) is 0. The van der Waals surface area contributed by atoms with Crippen LogP contribution in [0.15, 0.2) is 182 Å². The summed E-state index contributed by atoms with van der Waals surface area (Å²) in [5.74, 6) is -0.907. The van der Waals surface area contributed by atoms with Crippen LogP contribution in [0.5, 0.6) is 0 Å². The molecule has 2 heterocycles. The standard InChI is InChI=1S/C53H32F2N4/c54-42-29-40-41(30-43(42)55)48-38-23-8-7-22-37(38)47(40)49-39(26-27-46(50(48)49)59-44-24-11-9-20-35(44)36-21-10-12-25-45(36)59)53-57-51(32-16-5-2-6-17-32)56-52(58-53)34-19-13-18-33(28-34)31-14-3-1-4-15-31/h1-30,47-48H. The van der Waals surface area contributed by atoms with Crippen molar-refractivity contribution in [2.45, 2.75) is 11.8 Å². The molecule has 2 bridgehead atoms. The van der Waals surface area contributed by atoms with E-state index >= 15 is 8.78 Å². The normalized spacial score (nSPS) is 14.9. The molecule has 0 radical (unpaired) electrons. The zero-order valence-electron chi connectivity index (χ0n) is 31.5. The number of hydrogen-bond donors (Lipinski definition) is 0. The molecule has 278 valence electrons. The Labute approximate surface area is 338 Å². The SMILES string of the molecule is Fc1cc2c(cc1F)C1c3ccccc3C2c2c(-c3nc(-c4ccccc4)nc(-c4cccc(-c5ccccc5)c4)n3)ccc(-n3c4ccccc4c4ccccc43)c21. The van der Waals surface area contributed by atoms with Crippen molar-refractivity contribution < 1.29 is 8.78 Å². The molecule has 2 unspecified atom stereocenters. The summed E-state index contributed by atoms with van der Waals surface area (Å²) in [6.07, 6.45) is 0. The van der Waals surface area contributed by atoms with Gasteiger partial charge in [-0.3, -0.25) is 0 Å². The van der Waals surface area contributed by atoms with Crippen LogP contribution in [-0.4, -0.2) is 19.5 Å². The summed E-state index contributed by atoms with van der Waals surface area (Å²) in [6.45, 7) is 0. The van der Waals surface area contributed by atoms with Crippen molar-refractivity contribution >= 4 is 21.8 Å². The molecule has 6 heteroatoms. The zero-order chi connectivity index (χ0) is 39.2. The van der Waals surface area contributed by atoms with Crippen LogP contribution in [0, 0.1) is 11.6 Å². The second-order valence-electron chi connectivity index (χ2n) is 15.3. The molecule has 59 heavy (non-hydrogen) atoms. The van der Waals surface area contributed by atoms with E-state index in [1.807, 2.05) is 72.8 Å². The third-order valence-electron chi connectivity index (χ3n) is 12.2. The molecule has 0 N–H and O–H groups in total. The first-order valence-corrected chi connectivity index (χ1v) is 19.8. The van der Waals surface area contributed by atoms with Gasteiger partial charge in [0, 0.05) is 39.3 Å². The maximum atomic E-state index is 15.5. The Kier molecular flexibility index (Phi) is 7.38. The van der Waals surface area contributed by atoms with Crippen LogP contribution in [0.4, 0.5) is 8.78 Å². The fraction of sp³-hybridized carbons (Fsp3) is 0.0377. The molecule has 0 spiro atoms. The third kappa shape index (κ3) is 5.09. The molecule has 2 atom stereocenters. The quantitative estimate of drug-likeness (QED) is 0.175. The third-order valence-corrected chi connectivity index (χ3v) is 12.2. The van der Waals surface area contributed by atoms with Gasteiger partial charge in [0.15, 0.2) is 29.1 Å². The molecule has 0 amide bonds. The summed E-state index contributed by atoms with van der Waals surface area (Å²) in [6, 6.07) is 60.9. The predicted octanol–water partition coefficient (Wildman–Crippen LogP) is 12.9. The van der Waals surface area contributed by atoms with Gasteiger partial charge in [0.1, 0.15) is 0 Å². The Morgan fingerprint density at radius 2 is 0.864 bits per heavy atom. The van der Waals surface area contributed by atoms with Gasteiger partial charge in [-0.15, -0.1) is 0 Å². The van der Waals surface area contributed by atoms with Gasteiger partial charge in [-0.1, -0.05) is 140 Å². The molecule has 3 aliphatic carbocycles. The van der Waals surface area contributed by atoms with Gasteiger partial charge in [0.2, 0.25) is 0 Å². The molecule has 13 rings (SSSR count). The van der Waals surface area contributed by atoms with Crippen LogP contribution in [0.3, 0.4) is 0 Å². The number of aromatic nitrogens is 4. The molecule has 0 aliphatic heterocycles. The lowest BCUT2D eigenvalue weighted by atomic mass is 9.59. The van der Waals surface area contributed by atoms with E-state index in [0.717, 1.165) is 88.7 Å². The van der Waals surface area contributed by atoms with Crippen LogP contribution >= 0.6 is 0 Å². The van der Waals surface area contributed by atoms with E-state index in [9.17, 15) is 0 Å². The zero-order valence-corrected chi connectivity index (χ0v) is 31.5.